The normalized spacial score (nSPS) is 21.7. The fraction of sp³-hybridized carbons (Fsp3) is 0.542. The Labute approximate surface area is 207 Å². The first kappa shape index (κ1) is 24.5. The maximum atomic E-state index is 5.48. The number of fused-ring (bicyclic) bond motifs is 2. The average Bonchev–Trinajstić information content (AvgIpc) is 3.55. The van der Waals surface area contributed by atoms with E-state index in [1.54, 1.807) is 27.6 Å². The number of furan rings is 1. The predicted octanol–water partition coefficient (Wildman–Crippen LogP) is 4.39. The predicted molar refractivity (Wildman–Crippen MR) is 135 cm³/mol. The first-order valence-corrected chi connectivity index (χ1v) is 11.1. The van der Waals surface area contributed by atoms with Gasteiger partial charge in [-0.15, -0.1) is 24.0 Å². The first-order valence-electron chi connectivity index (χ1n) is 11.1. The van der Waals surface area contributed by atoms with Gasteiger partial charge in [-0.05, 0) is 60.9 Å². The molecule has 0 aliphatic heterocycles. The van der Waals surface area contributed by atoms with Crippen molar-refractivity contribution in [2.45, 2.75) is 44.7 Å². The number of nitrogens with zero attached hydrogens (tertiary/aromatic N) is 1. The molecule has 1 heterocycles. The molecule has 2 aromatic rings. The number of nitrogens with one attached hydrogen (secondary N) is 2. The fourth-order valence-corrected chi connectivity index (χ4v) is 4.91. The second kappa shape index (κ2) is 11.7. The van der Waals surface area contributed by atoms with Crippen LogP contribution in [0, 0.1) is 11.8 Å². The number of aliphatic imine (C=N–C) groups is 1. The highest BCUT2D eigenvalue weighted by Gasteiger charge is 2.39. The molecule has 1 aromatic heterocycles. The molecule has 176 valence electrons. The van der Waals surface area contributed by atoms with E-state index in [1.165, 1.54) is 25.7 Å². The van der Waals surface area contributed by atoms with Crippen LogP contribution in [0.1, 0.15) is 37.0 Å². The third kappa shape index (κ3) is 5.82. The standard InChI is InChI=1S/C24H33N3O4.HI/c1-28-21-13-17(14-22(29-2)23(21)30-3)15-26-24(25-9-8-19-5-4-10-31-19)27-20-12-16-6-7-18(20)11-16;/h4-5,10,13-14,16,18,20H,6-9,11-12,15H2,1-3H3,(H2,25,26,27);1H. The van der Waals surface area contributed by atoms with E-state index in [-0.39, 0.29) is 24.0 Å². The Morgan fingerprint density at radius 3 is 2.44 bits per heavy atom. The summed E-state index contributed by atoms with van der Waals surface area (Å²) in [6.45, 7) is 1.27. The molecule has 4 rings (SSSR count). The number of ether oxygens (including phenoxy) is 3. The van der Waals surface area contributed by atoms with Gasteiger partial charge >= 0.3 is 0 Å². The van der Waals surface area contributed by atoms with Gasteiger partial charge in [-0.1, -0.05) is 6.42 Å². The van der Waals surface area contributed by atoms with E-state index in [1.807, 2.05) is 24.3 Å². The zero-order valence-corrected chi connectivity index (χ0v) is 21.4. The molecule has 2 bridgehead atoms. The van der Waals surface area contributed by atoms with Crippen LogP contribution in [0.15, 0.2) is 39.9 Å². The van der Waals surface area contributed by atoms with E-state index in [9.17, 15) is 0 Å². The Morgan fingerprint density at radius 1 is 1.09 bits per heavy atom. The summed E-state index contributed by atoms with van der Waals surface area (Å²) < 4.78 is 21.8. The molecule has 0 saturated heterocycles. The molecule has 0 amide bonds. The topological polar surface area (TPSA) is 77.2 Å². The van der Waals surface area contributed by atoms with E-state index in [4.69, 9.17) is 23.6 Å². The molecule has 3 unspecified atom stereocenters. The van der Waals surface area contributed by atoms with Crippen LogP contribution < -0.4 is 24.8 Å². The van der Waals surface area contributed by atoms with Gasteiger partial charge in [-0.25, -0.2) is 4.99 Å². The summed E-state index contributed by atoms with van der Waals surface area (Å²) >= 11 is 0. The van der Waals surface area contributed by atoms with Crippen LogP contribution in [-0.4, -0.2) is 39.9 Å². The zero-order valence-electron chi connectivity index (χ0n) is 19.1. The molecule has 7 nitrogen and oxygen atoms in total. The van der Waals surface area contributed by atoms with Crippen LogP contribution in [0.5, 0.6) is 17.2 Å². The molecule has 2 fully saturated rings. The number of guanidine groups is 1. The molecule has 8 heteroatoms. The maximum Gasteiger partial charge on any atom is 0.203 e. The van der Waals surface area contributed by atoms with Gasteiger partial charge < -0.3 is 29.3 Å². The Balaban J connectivity index is 0.00000289. The Kier molecular flexibility index (Phi) is 8.95. The van der Waals surface area contributed by atoms with Crippen molar-refractivity contribution >= 4 is 29.9 Å². The molecule has 32 heavy (non-hydrogen) atoms. The van der Waals surface area contributed by atoms with Crippen molar-refractivity contribution < 1.29 is 18.6 Å². The molecule has 2 saturated carbocycles. The molecule has 0 radical (unpaired) electrons. The highest BCUT2D eigenvalue weighted by molar-refractivity contribution is 14.0. The lowest BCUT2D eigenvalue weighted by atomic mass is 9.95. The average molecular weight is 555 g/mol. The van der Waals surface area contributed by atoms with Gasteiger partial charge in [0.25, 0.3) is 0 Å². The lowest BCUT2D eigenvalue weighted by molar-refractivity contribution is 0.324. The quantitative estimate of drug-likeness (QED) is 0.272. The van der Waals surface area contributed by atoms with Crippen LogP contribution >= 0.6 is 24.0 Å². The molecule has 2 aliphatic rings. The largest absolute Gasteiger partial charge is 0.493 e. The smallest absolute Gasteiger partial charge is 0.203 e. The number of benzene rings is 1. The first-order chi connectivity index (χ1) is 15.2. The summed E-state index contributed by atoms with van der Waals surface area (Å²) in [6.07, 6.45) is 7.83. The summed E-state index contributed by atoms with van der Waals surface area (Å²) in [5, 5.41) is 7.18. The SMILES string of the molecule is COc1cc(CN=C(NCCc2ccco2)NC2CC3CCC2C3)cc(OC)c1OC.I. The highest BCUT2D eigenvalue weighted by atomic mass is 127. The van der Waals surface area contributed by atoms with Crippen LogP contribution in [0.3, 0.4) is 0 Å². The summed E-state index contributed by atoms with van der Waals surface area (Å²) in [6, 6.07) is 8.32. The van der Waals surface area contributed by atoms with E-state index in [0.29, 0.717) is 29.8 Å². The summed E-state index contributed by atoms with van der Waals surface area (Å²) in [4.78, 5) is 4.88. The lowest BCUT2D eigenvalue weighted by Crippen LogP contribution is -2.46. The second-order valence-corrected chi connectivity index (χ2v) is 8.38. The minimum atomic E-state index is 0. The van der Waals surface area contributed by atoms with Crippen molar-refractivity contribution in [1.82, 2.24) is 10.6 Å². The van der Waals surface area contributed by atoms with Gasteiger partial charge in [0, 0.05) is 19.0 Å². The Hall–Kier alpha value is -2.10. The molecular formula is C24H34IN3O4. The third-order valence-electron chi connectivity index (χ3n) is 6.45. The van der Waals surface area contributed by atoms with Crippen LogP contribution in [0.4, 0.5) is 0 Å². The van der Waals surface area contributed by atoms with Gasteiger partial charge in [0.05, 0.1) is 34.1 Å². The van der Waals surface area contributed by atoms with Crippen molar-refractivity contribution in [1.29, 1.82) is 0 Å². The summed E-state index contributed by atoms with van der Waals surface area (Å²) in [7, 11) is 4.86. The van der Waals surface area contributed by atoms with Gasteiger partial charge in [0.2, 0.25) is 5.75 Å². The fourth-order valence-electron chi connectivity index (χ4n) is 4.91. The number of hydrogen-bond donors (Lipinski definition) is 2. The van der Waals surface area contributed by atoms with Crippen molar-refractivity contribution in [2.24, 2.45) is 16.8 Å². The molecule has 2 aliphatic carbocycles. The number of hydrogen-bond acceptors (Lipinski definition) is 5. The molecule has 0 spiro atoms. The van der Waals surface area contributed by atoms with Gasteiger partial charge in [0.15, 0.2) is 17.5 Å². The van der Waals surface area contributed by atoms with E-state index < -0.39 is 0 Å². The number of methoxy groups -OCH3 is 3. The lowest BCUT2D eigenvalue weighted by Gasteiger charge is -2.25. The van der Waals surface area contributed by atoms with Crippen LogP contribution in [0.2, 0.25) is 0 Å². The van der Waals surface area contributed by atoms with Crippen molar-refractivity contribution in [3.05, 3.63) is 41.9 Å². The van der Waals surface area contributed by atoms with Gasteiger partial charge in [0.1, 0.15) is 5.76 Å². The molecule has 1 aromatic carbocycles. The number of rotatable bonds is 9. The van der Waals surface area contributed by atoms with Crippen molar-refractivity contribution in [3.63, 3.8) is 0 Å². The highest BCUT2D eigenvalue weighted by Crippen LogP contribution is 2.44. The summed E-state index contributed by atoms with van der Waals surface area (Å²) in [5.74, 6) is 5.33. The number of halogens is 1. The molecular weight excluding hydrogens is 521 g/mol. The van der Waals surface area contributed by atoms with Gasteiger partial charge in [-0.3, -0.25) is 0 Å². The van der Waals surface area contributed by atoms with Crippen LogP contribution in [0.25, 0.3) is 0 Å². The minimum absolute atomic E-state index is 0. The molecule has 2 N–H and O–H groups in total. The van der Waals surface area contributed by atoms with Crippen LogP contribution in [-0.2, 0) is 13.0 Å². The monoisotopic (exact) mass is 555 g/mol. The third-order valence-corrected chi connectivity index (χ3v) is 6.45. The van der Waals surface area contributed by atoms with Gasteiger partial charge in [-0.2, -0.15) is 0 Å². The second-order valence-electron chi connectivity index (χ2n) is 8.38. The zero-order chi connectivity index (χ0) is 21.6. The summed E-state index contributed by atoms with van der Waals surface area (Å²) in [5.41, 5.74) is 0.995. The Bertz CT molecular complexity index is 862. The minimum Gasteiger partial charge on any atom is -0.493 e. The van der Waals surface area contributed by atoms with Crippen molar-refractivity contribution in [3.8, 4) is 17.2 Å². The Morgan fingerprint density at radius 2 is 1.88 bits per heavy atom. The molecule has 3 atom stereocenters. The maximum absolute atomic E-state index is 5.48. The van der Waals surface area contributed by atoms with Crippen molar-refractivity contribution in [2.75, 3.05) is 27.9 Å². The van der Waals surface area contributed by atoms with E-state index in [2.05, 4.69) is 10.6 Å². The van der Waals surface area contributed by atoms with E-state index >= 15 is 0 Å². The van der Waals surface area contributed by atoms with E-state index in [0.717, 1.165) is 42.1 Å².